The SMILES string of the molecule is CN(SONc1ccc(Cl)cc1)c1c(OCC(F)(F)F)ncnc1OCC(F)(F)F.S. The number of nitrogens with zero attached hydrogens (tertiary/aromatic N) is 3. The largest absolute Gasteiger partial charge is 0.466 e. The van der Waals surface area contributed by atoms with Crippen molar-refractivity contribution in [3.63, 3.8) is 0 Å². The van der Waals surface area contributed by atoms with Crippen LogP contribution in [0.2, 0.25) is 5.02 Å². The van der Waals surface area contributed by atoms with Crippen LogP contribution in [0.15, 0.2) is 30.6 Å². The van der Waals surface area contributed by atoms with Gasteiger partial charge in [0.25, 0.3) is 0 Å². The van der Waals surface area contributed by atoms with Crippen LogP contribution >= 0.6 is 37.3 Å². The van der Waals surface area contributed by atoms with Crippen LogP contribution in [0.5, 0.6) is 11.8 Å². The number of ether oxygens (including phenoxy) is 2. The Kier molecular flexibility index (Phi) is 10.1. The molecule has 0 bridgehead atoms. The van der Waals surface area contributed by atoms with Gasteiger partial charge in [0, 0.05) is 12.1 Å². The molecule has 174 valence electrons. The number of halogens is 7. The van der Waals surface area contributed by atoms with Crippen LogP contribution in [0, 0.1) is 0 Å². The number of rotatable bonds is 9. The average Bonchev–Trinajstić information content (AvgIpc) is 2.65. The molecule has 1 heterocycles. The molecule has 1 aromatic heterocycles. The summed E-state index contributed by atoms with van der Waals surface area (Å²) in [5, 5.41) is 0.477. The molecule has 1 aromatic carbocycles. The highest BCUT2D eigenvalue weighted by Gasteiger charge is 2.32. The first-order chi connectivity index (χ1) is 13.9. The van der Waals surface area contributed by atoms with Gasteiger partial charge < -0.3 is 9.47 Å². The molecule has 2 rings (SSSR count). The number of aromatic nitrogens is 2. The summed E-state index contributed by atoms with van der Waals surface area (Å²) >= 11 is 6.26. The molecule has 31 heavy (non-hydrogen) atoms. The quantitative estimate of drug-likeness (QED) is 0.214. The van der Waals surface area contributed by atoms with E-state index in [1.165, 1.54) is 7.05 Å². The molecule has 0 atom stereocenters. The molecule has 0 radical (unpaired) electrons. The molecule has 0 saturated carbocycles. The summed E-state index contributed by atoms with van der Waals surface area (Å²) in [6.45, 7) is -3.45. The van der Waals surface area contributed by atoms with E-state index in [1.807, 2.05) is 0 Å². The van der Waals surface area contributed by atoms with E-state index in [4.69, 9.17) is 15.9 Å². The number of anilines is 2. The first-order valence-corrected chi connectivity index (χ1v) is 8.85. The van der Waals surface area contributed by atoms with Gasteiger partial charge in [-0.2, -0.15) is 54.1 Å². The summed E-state index contributed by atoms with van der Waals surface area (Å²) in [6.07, 6.45) is -8.69. The lowest BCUT2D eigenvalue weighted by atomic mass is 10.3. The first-order valence-electron chi connectivity index (χ1n) is 7.77. The zero-order valence-corrected chi connectivity index (χ0v) is 18.0. The van der Waals surface area contributed by atoms with Gasteiger partial charge in [-0.05, 0) is 24.3 Å². The van der Waals surface area contributed by atoms with Crippen molar-refractivity contribution in [1.29, 1.82) is 0 Å². The second kappa shape index (κ2) is 11.6. The van der Waals surface area contributed by atoms with Crippen LogP contribution in [-0.4, -0.2) is 42.6 Å². The number of nitrogens with one attached hydrogen (secondary N) is 1. The Labute approximate surface area is 188 Å². The van der Waals surface area contributed by atoms with E-state index >= 15 is 0 Å². The van der Waals surface area contributed by atoms with Gasteiger partial charge in [0.2, 0.25) is 11.8 Å². The van der Waals surface area contributed by atoms with E-state index in [1.54, 1.807) is 24.3 Å². The Morgan fingerprint density at radius 2 is 1.45 bits per heavy atom. The molecule has 0 aliphatic rings. The molecule has 0 aliphatic carbocycles. The fraction of sp³-hybridized carbons (Fsp3) is 0.333. The Balaban J connectivity index is 0.00000480. The standard InChI is InChI=1S/C15H13ClF6N4O3S.H2S/c1-26(30-29-25-10-4-2-9(16)3-5-10)11-12(27-6-14(17,18)19)23-8-24-13(11)28-7-15(20,21)22;/h2-5,8,25H,6-7H2,1H3;1H2. The predicted octanol–water partition coefficient (Wildman–Crippen LogP) is 5.17. The van der Waals surface area contributed by atoms with Crippen LogP contribution < -0.4 is 19.3 Å². The third-order valence-electron chi connectivity index (χ3n) is 2.97. The van der Waals surface area contributed by atoms with Crippen LogP contribution in [0.25, 0.3) is 0 Å². The smallest absolute Gasteiger partial charge is 0.422 e. The van der Waals surface area contributed by atoms with Gasteiger partial charge in [-0.25, -0.2) is 0 Å². The second-order valence-corrected chi connectivity index (χ2v) is 6.70. The molecule has 0 unspecified atom stereocenters. The number of hydrogen-bond acceptors (Lipinski definition) is 8. The second-order valence-electron chi connectivity index (χ2n) is 5.40. The fourth-order valence-electron chi connectivity index (χ4n) is 1.81. The highest BCUT2D eigenvalue weighted by Crippen LogP contribution is 2.38. The van der Waals surface area contributed by atoms with Gasteiger partial charge in [0.1, 0.15) is 18.6 Å². The van der Waals surface area contributed by atoms with Crippen molar-refractivity contribution in [3.8, 4) is 11.8 Å². The highest BCUT2D eigenvalue weighted by atomic mass is 35.5. The summed E-state index contributed by atoms with van der Waals surface area (Å²) in [4.78, 5) is 7.09. The van der Waals surface area contributed by atoms with Gasteiger partial charge in [-0.3, -0.25) is 9.79 Å². The zero-order valence-electron chi connectivity index (χ0n) is 15.4. The minimum atomic E-state index is -4.70. The number of alkyl halides is 6. The van der Waals surface area contributed by atoms with Gasteiger partial charge in [-0.15, -0.1) is 0 Å². The van der Waals surface area contributed by atoms with Crippen molar-refractivity contribution >= 4 is 48.7 Å². The van der Waals surface area contributed by atoms with E-state index < -0.39 is 43.0 Å². The van der Waals surface area contributed by atoms with Crippen molar-refractivity contribution in [2.75, 3.05) is 30.0 Å². The lowest BCUT2D eigenvalue weighted by Gasteiger charge is -2.22. The maximum Gasteiger partial charge on any atom is 0.422 e. The zero-order chi connectivity index (χ0) is 22.4. The summed E-state index contributed by atoms with van der Waals surface area (Å²) in [6, 6.07) is 6.28. The van der Waals surface area contributed by atoms with Gasteiger partial charge in [0.05, 0.1) is 5.69 Å². The molecular formula is C15H15ClF6N4O3S2. The average molecular weight is 513 g/mol. The molecule has 0 amide bonds. The first kappa shape index (κ1) is 27.1. The summed E-state index contributed by atoms with van der Waals surface area (Å²) in [7, 11) is 1.27. The summed E-state index contributed by atoms with van der Waals surface area (Å²) in [5.41, 5.74) is 2.59. The minimum Gasteiger partial charge on any atom is -0.466 e. The lowest BCUT2D eigenvalue weighted by molar-refractivity contribution is -0.154. The monoisotopic (exact) mass is 512 g/mol. The predicted molar refractivity (Wildman–Crippen MR) is 108 cm³/mol. The summed E-state index contributed by atoms with van der Waals surface area (Å²) < 4.78 is 90.2. The highest BCUT2D eigenvalue weighted by molar-refractivity contribution is 7.96. The van der Waals surface area contributed by atoms with Crippen molar-refractivity contribution in [1.82, 2.24) is 9.97 Å². The Bertz CT molecular complexity index is 794. The van der Waals surface area contributed by atoms with E-state index in [9.17, 15) is 26.3 Å². The van der Waals surface area contributed by atoms with Crippen LogP contribution in [0.4, 0.5) is 37.7 Å². The molecule has 0 aliphatic heterocycles. The molecule has 0 fully saturated rings. The van der Waals surface area contributed by atoms with Gasteiger partial charge in [0.15, 0.2) is 18.9 Å². The van der Waals surface area contributed by atoms with Crippen LogP contribution in [0.1, 0.15) is 0 Å². The molecule has 7 nitrogen and oxygen atoms in total. The molecule has 16 heteroatoms. The normalized spacial score (nSPS) is 11.5. The van der Waals surface area contributed by atoms with Crippen LogP contribution in [0.3, 0.4) is 0 Å². The van der Waals surface area contributed by atoms with Gasteiger partial charge >= 0.3 is 12.4 Å². The Hall–Kier alpha value is -1.97. The van der Waals surface area contributed by atoms with Gasteiger partial charge in [-0.1, -0.05) is 11.6 Å². The number of benzene rings is 1. The number of hydrogen-bond donors (Lipinski definition) is 1. The molecular weight excluding hydrogens is 498 g/mol. The molecule has 2 aromatic rings. The maximum absolute atomic E-state index is 12.5. The van der Waals surface area contributed by atoms with E-state index in [0.717, 1.165) is 4.31 Å². The lowest BCUT2D eigenvalue weighted by Crippen LogP contribution is -2.23. The van der Waals surface area contributed by atoms with Crippen molar-refractivity contribution < 1.29 is 40.1 Å². The van der Waals surface area contributed by atoms with E-state index in [2.05, 4.69) is 24.9 Å². The minimum absolute atomic E-state index is 0. The fourth-order valence-corrected chi connectivity index (χ4v) is 2.41. The topological polar surface area (TPSA) is 68.7 Å². The van der Waals surface area contributed by atoms with Crippen molar-refractivity contribution in [2.45, 2.75) is 12.4 Å². The maximum atomic E-state index is 12.5. The van der Waals surface area contributed by atoms with Crippen LogP contribution in [-0.2, 0) is 4.28 Å². The summed E-state index contributed by atoms with van der Waals surface area (Å²) in [5.74, 6) is -1.30. The molecule has 0 spiro atoms. The Morgan fingerprint density at radius 1 is 0.968 bits per heavy atom. The third kappa shape index (κ3) is 9.80. The van der Waals surface area contributed by atoms with Crippen molar-refractivity contribution in [3.05, 3.63) is 35.6 Å². The third-order valence-corrected chi connectivity index (χ3v) is 3.78. The van der Waals surface area contributed by atoms with Crippen molar-refractivity contribution in [2.24, 2.45) is 0 Å². The van der Waals surface area contributed by atoms with E-state index in [0.29, 0.717) is 29.3 Å². The Morgan fingerprint density at radius 3 is 1.90 bits per heavy atom. The van der Waals surface area contributed by atoms with E-state index in [-0.39, 0.29) is 13.5 Å². The molecule has 0 saturated heterocycles. The molecule has 1 N–H and O–H groups in total.